The zero-order chi connectivity index (χ0) is 14.1. The van der Waals surface area contributed by atoms with Gasteiger partial charge in [0.2, 0.25) is 0 Å². The van der Waals surface area contributed by atoms with E-state index in [1.807, 2.05) is 18.2 Å². The molecule has 8 heteroatoms. The zero-order valence-electron chi connectivity index (χ0n) is 9.82. The van der Waals surface area contributed by atoms with Crippen LogP contribution in [-0.4, -0.2) is 9.30 Å². The van der Waals surface area contributed by atoms with Gasteiger partial charge in [0.25, 0.3) is 5.69 Å². The Bertz CT molecular complexity index is 872. The average molecular weight is 324 g/mol. The summed E-state index contributed by atoms with van der Waals surface area (Å²) in [6.45, 7) is 0. The first kappa shape index (κ1) is 13.2. The minimum atomic E-state index is -0.441. The summed E-state index contributed by atoms with van der Waals surface area (Å²) in [7, 11) is 2.48. The number of hydrogen-bond donors (Lipinski definition) is 0. The Balaban J connectivity index is 2.40. The van der Waals surface area contributed by atoms with Gasteiger partial charge in [-0.1, -0.05) is 35.9 Å². The maximum atomic E-state index is 11.2. The lowest BCUT2D eigenvalue weighted by molar-refractivity contribution is -0.384. The lowest BCUT2D eigenvalue weighted by atomic mass is 10.1. The first-order valence-corrected chi connectivity index (χ1v) is 7.97. The van der Waals surface area contributed by atoms with Gasteiger partial charge in [-0.3, -0.25) is 10.1 Å². The number of hydrogen-bond acceptors (Lipinski definition) is 6. The molecule has 0 atom stereocenters. The van der Waals surface area contributed by atoms with Crippen LogP contribution in [0.15, 0.2) is 41.4 Å². The molecule has 0 N–H and O–H groups in total. The summed E-state index contributed by atoms with van der Waals surface area (Å²) >= 11 is 5.92. The maximum absolute atomic E-state index is 11.2. The molecule has 20 heavy (non-hydrogen) atoms. The summed E-state index contributed by atoms with van der Waals surface area (Å²) in [5.74, 6) is 0. The van der Waals surface area contributed by atoms with Gasteiger partial charge < -0.3 is 0 Å². The van der Waals surface area contributed by atoms with Gasteiger partial charge in [0, 0.05) is 22.0 Å². The van der Waals surface area contributed by atoms with Crippen molar-refractivity contribution in [2.24, 2.45) is 4.99 Å². The molecular weight excluding hydrogens is 318 g/mol. The third-order valence-corrected chi connectivity index (χ3v) is 4.87. The van der Waals surface area contributed by atoms with Crippen molar-refractivity contribution < 1.29 is 4.92 Å². The van der Waals surface area contributed by atoms with Gasteiger partial charge in [-0.15, -0.1) is 0 Å². The van der Waals surface area contributed by atoms with Crippen LogP contribution in [0.5, 0.6) is 0 Å². The van der Waals surface area contributed by atoms with E-state index in [9.17, 15) is 10.1 Å². The molecule has 1 aromatic heterocycles. The van der Waals surface area contributed by atoms with Crippen LogP contribution in [0.25, 0.3) is 10.8 Å². The lowest BCUT2D eigenvalue weighted by Gasteiger charge is -2.02. The third kappa shape index (κ3) is 2.31. The average Bonchev–Trinajstić information content (AvgIpc) is 2.84. The summed E-state index contributed by atoms with van der Waals surface area (Å²) in [5.41, 5.74) is 0.268. The van der Waals surface area contributed by atoms with Crippen molar-refractivity contribution in [1.82, 2.24) is 4.37 Å². The van der Waals surface area contributed by atoms with Gasteiger partial charge >= 0.3 is 0 Å². The van der Waals surface area contributed by atoms with Crippen molar-refractivity contribution in [3.8, 4) is 0 Å². The summed E-state index contributed by atoms with van der Waals surface area (Å²) in [6.07, 6.45) is 0. The summed E-state index contributed by atoms with van der Waals surface area (Å²) in [5, 5.41) is 13.1. The predicted molar refractivity (Wildman–Crippen MR) is 80.8 cm³/mol. The lowest BCUT2D eigenvalue weighted by Crippen LogP contribution is -1.96. The number of fused-ring (bicyclic) bond motifs is 1. The van der Waals surface area contributed by atoms with Crippen molar-refractivity contribution in [2.75, 3.05) is 0 Å². The Hall–Kier alpha value is -1.83. The van der Waals surface area contributed by atoms with Crippen molar-refractivity contribution in [3.63, 3.8) is 0 Å². The number of nitrogens with zero attached hydrogens (tertiary/aromatic N) is 3. The molecule has 5 nitrogen and oxygen atoms in total. The molecule has 2 aromatic carbocycles. The van der Waals surface area contributed by atoms with Crippen LogP contribution < -0.4 is 4.67 Å². The van der Waals surface area contributed by atoms with E-state index in [1.165, 1.54) is 26.9 Å². The molecular formula is C12H6ClN3O2S2. The number of nitro benzene ring substituents is 1. The Kier molecular flexibility index (Phi) is 3.47. The molecule has 0 aliphatic carbocycles. The van der Waals surface area contributed by atoms with Crippen LogP contribution in [0.1, 0.15) is 0 Å². The fourth-order valence-electron chi connectivity index (χ4n) is 1.83. The quantitative estimate of drug-likeness (QED) is 0.404. The Morgan fingerprint density at radius 3 is 2.75 bits per heavy atom. The minimum absolute atomic E-state index is 0.0434. The topological polar surface area (TPSA) is 68.4 Å². The molecule has 3 rings (SSSR count). The molecule has 3 aromatic rings. The Morgan fingerprint density at radius 2 is 2.05 bits per heavy atom. The molecule has 0 fully saturated rings. The number of aromatic nitrogens is 1. The zero-order valence-corrected chi connectivity index (χ0v) is 12.2. The monoisotopic (exact) mass is 323 g/mol. The fourth-order valence-corrected chi connectivity index (χ4v) is 3.81. The molecule has 0 aliphatic heterocycles. The van der Waals surface area contributed by atoms with Crippen LogP contribution in [0, 0.1) is 10.1 Å². The Labute approximate surface area is 125 Å². The van der Waals surface area contributed by atoms with Gasteiger partial charge in [-0.05, 0) is 21.8 Å². The van der Waals surface area contributed by atoms with E-state index < -0.39 is 4.92 Å². The van der Waals surface area contributed by atoms with Crippen LogP contribution in [0.3, 0.4) is 0 Å². The SMILES string of the molecule is O=[N+]([O-])c1ccc2ccccc2c1/N=c1/ssnc1Cl. The summed E-state index contributed by atoms with van der Waals surface area (Å²) in [4.78, 5) is 15.1. The predicted octanol–water partition coefficient (Wildman–Crippen LogP) is 4.15. The molecule has 0 spiro atoms. The van der Waals surface area contributed by atoms with Crippen molar-refractivity contribution in [2.45, 2.75) is 0 Å². The molecule has 0 saturated heterocycles. The van der Waals surface area contributed by atoms with Gasteiger partial charge in [0.15, 0.2) is 15.5 Å². The highest BCUT2D eigenvalue weighted by molar-refractivity contribution is 7.66. The van der Waals surface area contributed by atoms with E-state index in [2.05, 4.69) is 9.37 Å². The summed E-state index contributed by atoms with van der Waals surface area (Å²) < 4.78 is 4.41. The second-order valence-electron chi connectivity index (χ2n) is 3.87. The first-order chi connectivity index (χ1) is 9.66. The number of rotatable bonds is 2. The van der Waals surface area contributed by atoms with E-state index in [1.54, 1.807) is 12.1 Å². The van der Waals surface area contributed by atoms with Crippen molar-refractivity contribution in [1.29, 1.82) is 0 Å². The second-order valence-corrected chi connectivity index (χ2v) is 6.06. The highest BCUT2D eigenvalue weighted by Crippen LogP contribution is 2.35. The molecule has 100 valence electrons. The smallest absolute Gasteiger partial charge is 0.258 e. The molecule has 0 saturated carbocycles. The minimum Gasteiger partial charge on any atom is -0.258 e. The van der Waals surface area contributed by atoms with E-state index in [0.717, 1.165) is 10.8 Å². The van der Waals surface area contributed by atoms with E-state index in [4.69, 9.17) is 11.6 Å². The molecule has 0 amide bonds. The van der Waals surface area contributed by atoms with E-state index in [-0.39, 0.29) is 10.8 Å². The molecule has 0 bridgehead atoms. The second kappa shape index (κ2) is 5.28. The van der Waals surface area contributed by atoms with Crippen molar-refractivity contribution in [3.05, 3.63) is 56.3 Å². The van der Waals surface area contributed by atoms with Crippen LogP contribution >= 0.6 is 32.5 Å². The number of halogens is 1. The largest absolute Gasteiger partial charge is 0.295 e. The fraction of sp³-hybridized carbons (Fsp3) is 0. The molecule has 0 aliphatic rings. The number of benzene rings is 2. The highest BCUT2D eigenvalue weighted by Gasteiger charge is 2.16. The van der Waals surface area contributed by atoms with Crippen LogP contribution in [0.4, 0.5) is 11.4 Å². The first-order valence-electron chi connectivity index (χ1n) is 5.49. The maximum Gasteiger partial charge on any atom is 0.295 e. The van der Waals surface area contributed by atoms with Gasteiger partial charge in [-0.25, -0.2) is 4.99 Å². The molecule has 0 radical (unpaired) electrons. The molecule has 1 heterocycles. The van der Waals surface area contributed by atoms with Gasteiger partial charge in [0.05, 0.1) is 4.92 Å². The van der Waals surface area contributed by atoms with E-state index >= 15 is 0 Å². The van der Waals surface area contributed by atoms with Gasteiger partial charge in [0.1, 0.15) is 0 Å². The van der Waals surface area contributed by atoms with E-state index in [0.29, 0.717) is 10.4 Å². The Morgan fingerprint density at radius 1 is 1.25 bits per heavy atom. The third-order valence-electron chi connectivity index (χ3n) is 2.70. The van der Waals surface area contributed by atoms with Crippen molar-refractivity contribution >= 4 is 54.6 Å². The molecule has 0 unspecified atom stereocenters. The number of nitro groups is 1. The highest BCUT2D eigenvalue weighted by atomic mass is 35.5. The van der Waals surface area contributed by atoms with Crippen LogP contribution in [-0.2, 0) is 0 Å². The normalized spacial score (nSPS) is 11.9. The standard InChI is InChI=1S/C12H6ClN3O2S2/c13-11-12(19-20-15-11)14-10-8-4-2-1-3-7(8)5-6-9(10)16(17)18/h1-6H/b14-12+. The van der Waals surface area contributed by atoms with Crippen LogP contribution in [0.2, 0.25) is 5.15 Å². The summed E-state index contributed by atoms with van der Waals surface area (Å²) in [6, 6.07) is 10.6. The van der Waals surface area contributed by atoms with Gasteiger partial charge in [-0.2, -0.15) is 4.37 Å².